The molecule has 0 unspecified atom stereocenters. The van der Waals surface area contributed by atoms with Crippen LogP contribution in [0.3, 0.4) is 0 Å². The number of aliphatic hydroxyl groups excluding tert-OH is 1. The zero-order chi connectivity index (χ0) is 10.1. The van der Waals surface area contributed by atoms with Crippen LogP contribution < -0.4 is 5.32 Å². The highest BCUT2D eigenvalue weighted by molar-refractivity contribution is 5.90. The highest BCUT2D eigenvalue weighted by Gasteiger charge is 2.15. The van der Waals surface area contributed by atoms with Crippen molar-refractivity contribution in [1.82, 2.24) is 0 Å². The number of rotatable bonds is 1. The first-order chi connectivity index (χ1) is 6.70. The largest absolute Gasteiger partial charge is 0.508 e. The fourth-order valence-electron chi connectivity index (χ4n) is 1.51. The normalized spacial score (nSPS) is 14.0. The van der Waals surface area contributed by atoms with E-state index >= 15 is 0 Å². The minimum absolute atomic E-state index is 0.0389. The van der Waals surface area contributed by atoms with Gasteiger partial charge in [0.2, 0.25) is 0 Å². The molecular formula is C12H11NO. The Labute approximate surface area is 82.9 Å². The van der Waals surface area contributed by atoms with Crippen molar-refractivity contribution in [2.75, 3.05) is 5.32 Å². The summed E-state index contributed by atoms with van der Waals surface area (Å²) in [6.07, 6.45) is 1.72. The minimum Gasteiger partial charge on any atom is -0.508 e. The van der Waals surface area contributed by atoms with Gasteiger partial charge in [0.1, 0.15) is 5.76 Å². The van der Waals surface area contributed by atoms with E-state index in [1.54, 1.807) is 6.20 Å². The molecule has 1 aromatic rings. The lowest BCUT2D eigenvalue weighted by Gasteiger charge is -2.19. The van der Waals surface area contributed by atoms with Crippen LogP contribution in [0.25, 0.3) is 5.57 Å². The first-order valence-electron chi connectivity index (χ1n) is 4.34. The summed E-state index contributed by atoms with van der Waals surface area (Å²) in [5.74, 6) is 0.0389. The number of hydrogen-bond donors (Lipinski definition) is 2. The molecule has 14 heavy (non-hydrogen) atoms. The van der Waals surface area contributed by atoms with Gasteiger partial charge in [-0.3, -0.25) is 0 Å². The standard InChI is InChI=1S/C12H11NO/c1-8-10-5-3-4-6-12(10)13-7-11(8)9(2)14/h3-7,13-14H,1-2H2. The Morgan fingerprint density at radius 1 is 1.29 bits per heavy atom. The van der Waals surface area contributed by atoms with Crippen molar-refractivity contribution in [1.29, 1.82) is 0 Å². The van der Waals surface area contributed by atoms with Gasteiger partial charge in [-0.05, 0) is 11.6 Å². The van der Waals surface area contributed by atoms with Crippen LogP contribution in [0.1, 0.15) is 5.56 Å². The predicted molar refractivity (Wildman–Crippen MR) is 59.0 cm³/mol. The topological polar surface area (TPSA) is 32.3 Å². The number of allylic oxidation sites excluding steroid dienone is 1. The molecule has 0 amide bonds. The first-order valence-corrected chi connectivity index (χ1v) is 4.34. The molecule has 0 bridgehead atoms. The van der Waals surface area contributed by atoms with Crippen LogP contribution in [0.4, 0.5) is 5.69 Å². The molecule has 0 atom stereocenters. The van der Waals surface area contributed by atoms with Crippen molar-refractivity contribution in [2.24, 2.45) is 0 Å². The number of benzene rings is 1. The van der Waals surface area contributed by atoms with E-state index < -0.39 is 0 Å². The molecule has 70 valence electrons. The van der Waals surface area contributed by atoms with Crippen molar-refractivity contribution in [3.63, 3.8) is 0 Å². The Balaban J connectivity index is 2.50. The number of aliphatic hydroxyl groups is 1. The van der Waals surface area contributed by atoms with Crippen molar-refractivity contribution in [3.05, 3.63) is 60.5 Å². The Kier molecular flexibility index (Phi) is 1.89. The van der Waals surface area contributed by atoms with Crippen molar-refractivity contribution in [3.8, 4) is 0 Å². The molecule has 0 spiro atoms. The number of nitrogens with one attached hydrogen (secondary N) is 1. The fraction of sp³-hybridized carbons (Fsp3) is 0. The van der Waals surface area contributed by atoms with Crippen molar-refractivity contribution >= 4 is 11.3 Å². The van der Waals surface area contributed by atoms with Gasteiger partial charge in [-0.15, -0.1) is 0 Å². The van der Waals surface area contributed by atoms with Gasteiger partial charge in [-0.1, -0.05) is 31.4 Å². The van der Waals surface area contributed by atoms with Crippen molar-refractivity contribution in [2.45, 2.75) is 0 Å². The van der Waals surface area contributed by atoms with Gasteiger partial charge in [0, 0.05) is 23.0 Å². The SMILES string of the molecule is C=C(O)C1=CNc2ccccc2C1=C. The molecule has 2 rings (SSSR count). The average Bonchev–Trinajstić information content (AvgIpc) is 2.18. The summed E-state index contributed by atoms with van der Waals surface area (Å²) in [5.41, 5.74) is 3.46. The second-order valence-electron chi connectivity index (χ2n) is 3.17. The Hall–Kier alpha value is -1.96. The summed E-state index contributed by atoms with van der Waals surface area (Å²) in [6, 6.07) is 7.81. The van der Waals surface area contributed by atoms with Gasteiger partial charge < -0.3 is 10.4 Å². The smallest absolute Gasteiger partial charge is 0.117 e. The van der Waals surface area contributed by atoms with Crippen LogP contribution in [0.2, 0.25) is 0 Å². The maximum atomic E-state index is 9.31. The lowest BCUT2D eigenvalue weighted by Crippen LogP contribution is -2.05. The zero-order valence-electron chi connectivity index (χ0n) is 7.75. The summed E-state index contributed by atoms with van der Waals surface area (Å²) in [4.78, 5) is 0. The molecule has 2 nitrogen and oxygen atoms in total. The van der Waals surface area contributed by atoms with Crippen molar-refractivity contribution < 1.29 is 5.11 Å². The molecule has 0 aromatic heterocycles. The minimum atomic E-state index is 0.0389. The maximum absolute atomic E-state index is 9.31. The van der Waals surface area contributed by atoms with E-state index in [1.807, 2.05) is 24.3 Å². The van der Waals surface area contributed by atoms with E-state index in [-0.39, 0.29) is 5.76 Å². The highest BCUT2D eigenvalue weighted by Crippen LogP contribution is 2.34. The summed E-state index contributed by atoms with van der Waals surface area (Å²) in [5, 5.41) is 12.4. The lowest BCUT2D eigenvalue weighted by atomic mass is 9.95. The average molecular weight is 185 g/mol. The van der Waals surface area contributed by atoms with E-state index in [9.17, 15) is 5.11 Å². The van der Waals surface area contributed by atoms with Gasteiger partial charge in [0.05, 0.1) is 0 Å². The molecule has 0 fully saturated rings. The van der Waals surface area contributed by atoms with Gasteiger partial charge in [0.15, 0.2) is 0 Å². The number of hydrogen-bond acceptors (Lipinski definition) is 2. The molecule has 1 heterocycles. The first kappa shape index (κ1) is 8.63. The molecule has 0 radical (unpaired) electrons. The third-order valence-corrected chi connectivity index (χ3v) is 2.26. The van der Waals surface area contributed by atoms with E-state index in [0.717, 1.165) is 16.8 Å². The van der Waals surface area contributed by atoms with Gasteiger partial charge >= 0.3 is 0 Å². The second kappa shape index (κ2) is 3.07. The van der Waals surface area contributed by atoms with Gasteiger partial charge in [-0.25, -0.2) is 0 Å². The molecule has 1 aromatic carbocycles. The molecular weight excluding hydrogens is 174 g/mol. The second-order valence-corrected chi connectivity index (χ2v) is 3.17. The van der Waals surface area contributed by atoms with Crippen LogP contribution >= 0.6 is 0 Å². The van der Waals surface area contributed by atoms with Crippen LogP contribution in [0.15, 0.2) is 55.0 Å². The highest BCUT2D eigenvalue weighted by atomic mass is 16.3. The quantitative estimate of drug-likeness (QED) is 0.659. The van der Waals surface area contributed by atoms with E-state index in [2.05, 4.69) is 18.5 Å². The number of para-hydroxylation sites is 1. The molecule has 0 aliphatic carbocycles. The molecule has 0 saturated carbocycles. The lowest BCUT2D eigenvalue weighted by molar-refractivity contribution is 0.430. The molecule has 1 aliphatic heterocycles. The summed E-state index contributed by atoms with van der Waals surface area (Å²) in [6.45, 7) is 7.42. The molecule has 1 aliphatic rings. The third kappa shape index (κ3) is 1.21. The van der Waals surface area contributed by atoms with E-state index in [4.69, 9.17) is 0 Å². The maximum Gasteiger partial charge on any atom is 0.117 e. The summed E-state index contributed by atoms with van der Waals surface area (Å²) in [7, 11) is 0. The Morgan fingerprint density at radius 2 is 2.00 bits per heavy atom. The van der Waals surface area contributed by atoms with Crippen LogP contribution in [-0.2, 0) is 0 Å². The molecule has 0 saturated heterocycles. The summed E-state index contributed by atoms with van der Waals surface area (Å²) < 4.78 is 0. The van der Waals surface area contributed by atoms with Gasteiger partial charge in [0.25, 0.3) is 0 Å². The zero-order valence-corrected chi connectivity index (χ0v) is 7.75. The number of fused-ring (bicyclic) bond motifs is 1. The Bertz CT molecular complexity index is 443. The van der Waals surface area contributed by atoms with E-state index in [0.29, 0.717) is 5.57 Å². The monoisotopic (exact) mass is 185 g/mol. The molecule has 2 heteroatoms. The third-order valence-electron chi connectivity index (χ3n) is 2.26. The number of anilines is 1. The fourth-order valence-corrected chi connectivity index (χ4v) is 1.51. The van der Waals surface area contributed by atoms with E-state index in [1.165, 1.54) is 0 Å². The van der Waals surface area contributed by atoms with Crippen LogP contribution in [0.5, 0.6) is 0 Å². The van der Waals surface area contributed by atoms with Gasteiger partial charge in [-0.2, -0.15) is 0 Å². The predicted octanol–water partition coefficient (Wildman–Crippen LogP) is 3.08. The van der Waals surface area contributed by atoms with Crippen LogP contribution in [0, 0.1) is 0 Å². The summed E-state index contributed by atoms with van der Waals surface area (Å²) >= 11 is 0. The molecule has 2 N–H and O–H groups in total. The van der Waals surface area contributed by atoms with Crippen LogP contribution in [-0.4, -0.2) is 5.11 Å². The Morgan fingerprint density at radius 3 is 2.71 bits per heavy atom.